The second kappa shape index (κ2) is 8.42. The molecule has 0 unspecified atom stereocenters. The molecule has 3 aromatic rings. The zero-order chi connectivity index (χ0) is 24.9. The van der Waals surface area contributed by atoms with Crippen molar-refractivity contribution in [3.63, 3.8) is 0 Å². The van der Waals surface area contributed by atoms with Crippen LogP contribution in [0.5, 0.6) is 5.75 Å². The summed E-state index contributed by atoms with van der Waals surface area (Å²) in [6.45, 7) is 1.83. The van der Waals surface area contributed by atoms with Gasteiger partial charge >= 0.3 is 6.03 Å². The van der Waals surface area contributed by atoms with E-state index in [1.807, 2.05) is 0 Å². The van der Waals surface area contributed by atoms with E-state index in [1.165, 1.54) is 28.4 Å². The third-order valence-corrected chi connectivity index (χ3v) is 7.44. The van der Waals surface area contributed by atoms with Crippen LogP contribution in [0.4, 0.5) is 9.18 Å². The van der Waals surface area contributed by atoms with Crippen molar-refractivity contribution in [3.05, 3.63) is 63.9 Å². The Morgan fingerprint density at radius 2 is 1.86 bits per heavy atom. The first kappa shape index (κ1) is 22.9. The van der Waals surface area contributed by atoms with E-state index < -0.39 is 23.1 Å². The Hall–Kier alpha value is -3.86. The maximum Gasteiger partial charge on any atom is 0.328 e. The van der Waals surface area contributed by atoms with Crippen molar-refractivity contribution in [3.8, 4) is 16.3 Å². The molecule has 0 radical (unpaired) electrons. The van der Waals surface area contributed by atoms with Crippen molar-refractivity contribution < 1.29 is 23.9 Å². The number of hydrogen-bond donors (Lipinski definition) is 2. The molecule has 2 aliphatic rings. The van der Waals surface area contributed by atoms with Crippen LogP contribution >= 0.6 is 11.3 Å². The van der Waals surface area contributed by atoms with Gasteiger partial charge < -0.3 is 15.3 Å². The van der Waals surface area contributed by atoms with Gasteiger partial charge in [-0.05, 0) is 49.6 Å². The highest BCUT2D eigenvalue weighted by atomic mass is 32.1. The van der Waals surface area contributed by atoms with Crippen LogP contribution in [0.1, 0.15) is 39.3 Å². The van der Waals surface area contributed by atoms with Crippen molar-refractivity contribution in [2.75, 3.05) is 7.05 Å². The Kier molecular flexibility index (Phi) is 5.51. The largest absolute Gasteiger partial charge is 0.505 e. The number of phenols is 1. The molecule has 4 amide bonds. The van der Waals surface area contributed by atoms with Gasteiger partial charge in [0.25, 0.3) is 11.8 Å². The number of urea groups is 1. The summed E-state index contributed by atoms with van der Waals surface area (Å²) in [7, 11) is 1.55. The first-order valence-corrected chi connectivity index (χ1v) is 11.8. The normalized spacial score (nSPS) is 16.3. The summed E-state index contributed by atoms with van der Waals surface area (Å²) in [5, 5.41) is 21.8. The molecule has 0 atom stereocenters. The molecule has 1 aromatic heterocycles. The van der Waals surface area contributed by atoms with E-state index in [0.29, 0.717) is 39.5 Å². The lowest BCUT2D eigenvalue weighted by Crippen LogP contribution is -2.36. The molecular formula is C24H22FN5O4S. The van der Waals surface area contributed by atoms with Crippen LogP contribution in [-0.2, 0) is 17.9 Å². The summed E-state index contributed by atoms with van der Waals surface area (Å²) in [5.41, 5.74) is 1.29. The Bertz CT molecular complexity index is 1350. The second-order valence-electron chi connectivity index (χ2n) is 8.64. The quantitative estimate of drug-likeness (QED) is 0.508. The van der Waals surface area contributed by atoms with Gasteiger partial charge in [0, 0.05) is 23.7 Å². The van der Waals surface area contributed by atoms with Crippen LogP contribution in [0.2, 0.25) is 0 Å². The summed E-state index contributed by atoms with van der Waals surface area (Å²) in [6, 6.07) is 9.06. The monoisotopic (exact) mass is 495 g/mol. The molecule has 5 rings (SSSR count). The van der Waals surface area contributed by atoms with Gasteiger partial charge in [0.1, 0.15) is 15.6 Å². The van der Waals surface area contributed by atoms with E-state index in [0.717, 1.165) is 5.56 Å². The number of carbonyl (C=O) groups excluding carboxylic acids is 3. The van der Waals surface area contributed by atoms with Crippen LogP contribution in [0.3, 0.4) is 0 Å². The summed E-state index contributed by atoms with van der Waals surface area (Å²) in [4.78, 5) is 41.0. The fourth-order valence-corrected chi connectivity index (χ4v) is 5.20. The van der Waals surface area contributed by atoms with Gasteiger partial charge in [-0.3, -0.25) is 14.5 Å². The summed E-state index contributed by atoms with van der Waals surface area (Å²) < 4.78 is 13.6. The highest BCUT2D eigenvalue weighted by Crippen LogP contribution is 2.49. The van der Waals surface area contributed by atoms with Gasteiger partial charge in [-0.2, -0.15) is 0 Å². The fourth-order valence-electron chi connectivity index (χ4n) is 4.29. The van der Waals surface area contributed by atoms with Gasteiger partial charge in [-0.15, -0.1) is 10.2 Å². The smallest absolute Gasteiger partial charge is 0.328 e. The third-order valence-electron chi connectivity index (χ3n) is 6.50. The highest BCUT2D eigenvalue weighted by Gasteiger charge is 2.64. The Balaban J connectivity index is 1.34. The van der Waals surface area contributed by atoms with Gasteiger partial charge in [0.15, 0.2) is 11.6 Å². The van der Waals surface area contributed by atoms with Crippen LogP contribution < -0.4 is 5.32 Å². The van der Waals surface area contributed by atoms with Crippen molar-refractivity contribution in [2.24, 2.45) is 0 Å². The maximum absolute atomic E-state index is 13.6. The average Bonchev–Trinajstić information content (AvgIpc) is 3.50. The molecule has 2 fully saturated rings. The third kappa shape index (κ3) is 3.81. The summed E-state index contributed by atoms with van der Waals surface area (Å²) in [5.74, 6) is -1.59. The lowest BCUT2D eigenvalue weighted by Gasteiger charge is -2.19. The standard InChI is InChI=1S/C24H22FN5O4S/c1-13-16(7-8-17(25)19(13)31)21-28-27-18(35-21)12-30-23(34)29(22(33)24(30)9-10-24)11-14-3-5-15(6-4-14)20(32)26-2/h3-8,31H,9-12H2,1-2H3,(H,26,32). The minimum Gasteiger partial charge on any atom is -0.505 e. The number of hydrogen-bond acceptors (Lipinski definition) is 7. The van der Waals surface area contributed by atoms with Gasteiger partial charge in [-0.25, -0.2) is 9.18 Å². The second-order valence-corrected chi connectivity index (χ2v) is 9.70. The Labute approximate surface area is 204 Å². The number of aromatic nitrogens is 2. The van der Waals surface area contributed by atoms with Crippen LogP contribution in [0.25, 0.3) is 10.6 Å². The van der Waals surface area contributed by atoms with E-state index in [4.69, 9.17) is 0 Å². The molecule has 1 saturated carbocycles. The molecule has 2 aromatic carbocycles. The SMILES string of the molecule is CNC(=O)c1ccc(CN2C(=O)N(Cc3nnc(-c4ccc(F)c(O)c4C)s3)C3(CC3)C2=O)cc1. The van der Waals surface area contributed by atoms with Crippen molar-refractivity contribution in [1.82, 2.24) is 25.3 Å². The minimum absolute atomic E-state index is 0.110. The molecule has 1 saturated heterocycles. The van der Waals surface area contributed by atoms with Crippen molar-refractivity contribution >= 4 is 29.2 Å². The molecular weight excluding hydrogens is 473 g/mol. The Morgan fingerprint density at radius 3 is 2.51 bits per heavy atom. The van der Waals surface area contributed by atoms with Crippen molar-refractivity contribution in [1.29, 1.82) is 0 Å². The van der Waals surface area contributed by atoms with Crippen LogP contribution in [-0.4, -0.2) is 55.5 Å². The molecule has 0 bridgehead atoms. The van der Waals surface area contributed by atoms with E-state index in [2.05, 4.69) is 15.5 Å². The topological polar surface area (TPSA) is 116 Å². The van der Waals surface area contributed by atoms with E-state index in [1.54, 1.807) is 43.1 Å². The highest BCUT2D eigenvalue weighted by molar-refractivity contribution is 7.14. The number of nitrogens with zero attached hydrogens (tertiary/aromatic N) is 4. The zero-order valence-corrected chi connectivity index (χ0v) is 19.9. The van der Waals surface area contributed by atoms with E-state index >= 15 is 0 Å². The minimum atomic E-state index is -0.852. The molecule has 180 valence electrons. The number of carbonyl (C=O) groups is 3. The number of benzene rings is 2. The number of rotatable bonds is 6. The summed E-state index contributed by atoms with van der Waals surface area (Å²) >= 11 is 1.23. The molecule has 1 spiro atoms. The first-order chi connectivity index (χ1) is 16.7. The number of halogens is 1. The average molecular weight is 496 g/mol. The number of aromatic hydroxyl groups is 1. The number of nitrogens with one attached hydrogen (secondary N) is 1. The lowest BCUT2D eigenvalue weighted by molar-refractivity contribution is -0.129. The summed E-state index contributed by atoms with van der Waals surface area (Å²) in [6.07, 6.45) is 1.17. The molecule has 9 nitrogen and oxygen atoms in total. The molecule has 35 heavy (non-hydrogen) atoms. The first-order valence-electron chi connectivity index (χ1n) is 11.0. The van der Waals surface area contributed by atoms with Crippen molar-refractivity contribution in [2.45, 2.75) is 38.4 Å². The lowest BCUT2D eigenvalue weighted by atomic mass is 10.1. The van der Waals surface area contributed by atoms with E-state index in [9.17, 15) is 23.9 Å². The predicted molar refractivity (Wildman–Crippen MR) is 125 cm³/mol. The Morgan fingerprint density at radius 1 is 1.14 bits per heavy atom. The van der Waals surface area contributed by atoms with Gasteiger partial charge in [0.05, 0.1) is 13.1 Å². The molecule has 1 aliphatic carbocycles. The number of amides is 4. The van der Waals surface area contributed by atoms with Crippen LogP contribution in [0, 0.1) is 12.7 Å². The molecule has 11 heteroatoms. The van der Waals surface area contributed by atoms with Gasteiger partial charge in [-0.1, -0.05) is 23.5 Å². The maximum atomic E-state index is 13.6. The molecule has 1 aliphatic heterocycles. The van der Waals surface area contributed by atoms with Gasteiger partial charge in [0.2, 0.25) is 0 Å². The molecule has 2 N–H and O–H groups in total. The number of phenolic OH excluding ortho intramolecular Hbond substituents is 1. The molecule has 2 heterocycles. The zero-order valence-electron chi connectivity index (χ0n) is 19.0. The van der Waals surface area contributed by atoms with Crippen LogP contribution in [0.15, 0.2) is 36.4 Å². The van der Waals surface area contributed by atoms with E-state index in [-0.39, 0.29) is 24.9 Å². The predicted octanol–water partition coefficient (Wildman–Crippen LogP) is 3.21. The fraction of sp³-hybridized carbons (Fsp3) is 0.292. The number of imide groups is 1.